The summed E-state index contributed by atoms with van der Waals surface area (Å²) >= 11 is 0. The van der Waals surface area contributed by atoms with Gasteiger partial charge in [-0.15, -0.1) is 0 Å². The molecule has 33 heavy (non-hydrogen) atoms. The van der Waals surface area contributed by atoms with E-state index in [9.17, 15) is 24.3 Å². The normalized spacial score (nSPS) is 29.3. The van der Waals surface area contributed by atoms with E-state index in [0.717, 1.165) is 33.3 Å². The number of carbonyl (C=O) groups excluding carboxylic acids is 2. The Kier molecular flexibility index (Phi) is 5.61. The maximum Gasteiger partial charge on any atom is 0.334 e. The van der Waals surface area contributed by atoms with E-state index in [4.69, 9.17) is 11.1 Å². The summed E-state index contributed by atoms with van der Waals surface area (Å²) < 4.78 is 2.30. The molecule has 11 heteroatoms. The molecule has 0 aromatic carbocycles. The summed E-state index contributed by atoms with van der Waals surface area (Å²) in [5.74, 6) is -1.28. The van der Waals surface area contributed by atoms with Crippen LogP contribution in [0.5, 0.6) is 5.88 Å². The van der Waals surface area contributed by atoms with Gasteiger partial charge in [-0.05, 0) is 50.4 Å². The number of amidine groups is 1. The lowest BCUT2D eigenvalue weighted by molar-refractivity contribution is -0.136. The van der Waals surface area contributed by atoms with Gasteiger partial charge in [0.2, 0.25) is 11.8 Å². The maximum atomic E-state index is 13.1. The monoisotopic (exact) mass is 460 g/mol. The molecule has 2 saturated carbocycles. The van der Waals surface area contributed by atoms with Crippen LogP contribution in [-0.4, -0.2) is 49.5 Å². The molecule has 1 saturated heterocycles. The summed E-state index contributed by atoms with van der Waals surface area (Å²) in [5, 5.41) is 21.2. The van der Waals surface area contributed by atoms with E-state index < -0.39 is 28.5 Å². The van der Waals surface area contributed by atoms with Crippen molar-refractivity contribution in [1.29, 1.82) is 5.41 Å². The number of aromatic nitrogens is 2. The number of urea groups is 1. The summed E-state index contributed by atoms with van der Waals surface area (Å²) in [6.45, 7) is 2.19. The molecule has 5 N–H and O–H groups in total. The van der Waals surface area contributed by atoms with E-state index in [2.05, 4.69) is 5.32 Å². The summed E-state index contributed by atoms with van der Waals surface area (Å²) in [5.41, 5.74) is 3.43. The zero-order valence-electron chi connectivity index (χ0n) is 19.1. The third kappa shape index (κ3) is 3.72. The second-order valence-corrected chi connectivity index (χ2v) is 10.00. The topological polar surface area (TPSA) is 164 Å². The first-order chi connectivity index (χ1) is 15.5. The Morgan fingerprint density at radius 2 is 1.85 bits per heavy atom. The van der Waals surface area contributed by atoms with Crippen molar-refractivity contribution >= 4 is 17.8 Å². The van der Waals surface area contributed by atoms with Gasteiger partial charge in [-0.2, -0.15) is 0 Å². The highest BCUT2D eigenvalue weighted by Gasteiger charge is 2.58. The molecule has 0 atom stereocenters. The lowest BCUT2D eigenvalue weighted by atomic mass is 9.50. The SMILES string of the molecule is CCCCn1c(O)c(C(=N)N)c(=O)n(C2CCC3(CC2)CC2(CC(=O)N(C)C(=O)N2)C3)c1=O. The average Bonchev–Trinajstić information content (AvgIpc) is 2.72. The largest absolute Gasteiger partial charge is 0.494 e. The lowest BCUT2D eigenvalue weighted by Crippen LogP contribution is -2.69. The van der Waals surface area contributed by atoms with Gasteiger partial charge in [0, 0.05) is 19.6 Å². The summed E-state index contributed by atoms with van der Waals surface area (Å²) in [7, 11) is 1.47. The summed E-state index contributed by atoms with van der Waals surface area (Å²) in [4.78, 5) is 51.6. The van der Waals surface area contributed by atoms with Gasteiger partial charge in [0.15, 0.2) is 0 Å². The van der Waals surface area contributed by atoms with Crippen LogP contribution in [0.25, 0.3) is 0 Å². The van der Waals surface area contributed by atoms with Crippen LogP contribution in [-0.2, 0) is 11.3 Å². The van der Waals surface area contributed by atoms with Crippen LogP contribution in [0.2, 0.25) is 0 Å². The molecule has 2 heterocycles. The lowest BCUT2D eigenvalue weighted by Gasteiger charge is -2.60. The summed E-state index contributed by atoms with van der Waals surface area (Å²) in [6, 6.07) is -0.720. The molecule has 1 aromatic rings. The number of nitrogens with two attached hydrogens (primary N) is 1. The van der Waals surface area contributed by atoms with E-state index in [1.165, 1.54) is 7.05 Å². The first-order valence-electron chi connectivity index (χ1n) is 11.5. The van der Waals surface area contributed by atoms with E-state index in [1.54, 1.807) is 0 Å². The smallest absolute Gasteiger partial charge is 0.334 e. The molecule has 2 aliphatic carbocycles. The Labute approximate surface area is 191 Å². The Hall–Kier alpha value is -3.11. The Bertz CT molecular complexity index is 1100. The minimum atomic E-state index is -0.725. The Morgan fingerprint density at radius 1 is 1.21 bits per heavy atom. The van der Waals surface area contributed by atoms with Crippen LogP contribution in [0, 0.1) is 10.8 Å². The third-order valence-electron chi connectivity index (χ3n) is 7.70. The molecule has 180 valence electrons. The number of nitrogens with zero attached hydrogens (tertiary/aromatic N) is 3. The number of carbonyl (C=O) groups is 2. The van der Waals surface area contributed by atoms with E-state index >= 15 is 0 Å². The molecule has 1 aliphatic heterocycles. The van der Waals surface area contributed by atoms with Crippen molar-refractivity contribution in [1.82, 2.24) is 19.4 Å². The highest BCUT2D eigenvalue weighted by Crippen LogP contribution is 2.59. The zero-order chi connectivity index (χ0) is 24.1. The molecular weight excluding hydrogens is 428 g/mol. The van der Waals surface area contributed by atoms with E-state index in [-0.39, 0.29) is 35.5 Å². The second kappa shape index (κ2) is 8.03. The molecule has 0 bridgehead atoms. The van der Waals surface area contributed by atoms with Crippen LogP contribution in [0.1, 0.15) is 76.3 Å². The minimum Gasteiger partial charge on any atom is -0.494 e. The third-order valence-corrected chi connectivity index (χ3v) is 7.70. The molecule has 0 unspecified atom stereocenters. The number of nitrogens with one attached hydrogen (secondary N) is 2. The maximum absolute atomic E-state index is 13.1. The fourth-order valence-corrected chi connectivity index (χ4v) is 6.03. The molecular formula is C22H32N6O5. The average molecular weight is 461 g/mol. The van der Waals surface area contributed by atoms with Gasteiger partial charge in [-0.1, -0.05) is 13.3 Å². The van der Waals surface area contributed by atoms with E-state index in [1.807, 2.05) is 6.92 Å². The number of imide groups is 1. The number of nitrogen functional groups attached to an aromatic ring is 1. The number of rotatable bonds is 5. The van der Waals surface area contributed by atoms with Gasteiger partial charge in [0.25, 0.3) is 5.56 Å². The highest BCUT2D eigenvalue weighted by atomic mass is 16.3. The van der Waals surface area contributed by atoms with Crippen molar-refractivity contribution in [3.63, 3.8) is 0 Å². The van der Waals surface area contributed by atoms with Gasteiger partial charge in [-0.25, -0.2) is 9.59 Å². The van der Waals surface area contributed by atoms with Crippen molar-refractivity contribution in [2.45, 2.75) is 82.8 Å². The summed E-state index contributed by atoms with van der Waals surface area (Å²) in [6.07, 6.45) is 5.84. The number of hydrogen-bond donors (Lipinski definition) is 4. The Balaban J connectivity index is 1.55. The van der Waals surface area contributed by atoms with Crippen LogP contribution < -0.4 is 22.3 Å². The fourth-order valence-electron chi connectivity index (χ4n) is 6.03. The fraction of sp³-hybridized carbons (Fsp3) is 0.682. The quantitative estimate of drug-likeness (QED) is 0.378. The van der Waals surface area contributed by atoms with Crippen molar-refractivity contribution in [2.75, 3.05) is 7.05 Å². The van der Waals surface area contributed by atoms with Gasteiger partial charge in [-0.3, -0.25) is 29.0 Å². The molecule has 11 nitrogen and oxygen atoms in total. The van der Waals surface area contributed by atoms with Gasteiger partial charge < -0.3 is 16.2 Å². The molecule has 0 radical (unpaired) electrons. The van der Waals surface area contributed by atoms with Crippen LogP contribution in [0.4, 0.5) is 4.79 Å². The molecule has 3 amide bonds. The van der Waals surface area contributed by atoms with Crippen molar-refractivity contribution in [3.8, 4) is 5.88 Å². The van der Waals surface area contributed by atoms with Crippen molar-refractivity contribution < 1.29 is 14.7 Å². The molecule has 4 rings (SSSR count). The number of amides is 3. The van der Waals surface area contributed by atoms with Crippen LogP contribution >= 0.6 is 0 Å². The standard InChI is InChI=1S/C22H32N6O5/c1-3-4-9-27-17(30)15(16(23)24)18(31)28(20(27)33)13-5-7-21(8-6-13)11-22(12-21)10-14(29)26(2)19(32)25-22/h13,30H,3-12H2,1-2H3,(H3,23,24)(H,25,32). The van der Waals surface area contributed by atoms with E-state index in [0.29, 0.717) is 38.5 Å². The van der Waals surface area contributed by atoms with Crippen LogP contribution in [0.3, 0.4) is 0 Å². The zero-order valence-corrected chi connectivity index (χ0v) is 19.1. The van der Waals surface area contributed by atoms with Gasteiger partial charge in [0.05, 0.1) is 12.0 Å². The number of aromatic hydroxyl groups is 1. The van der Waals surface area contributed by atoms with Gasteiger partial charge >= 0.3 is 11.7 Å². The highest BCUT2D eigenvalue weighted by molar-refractivity contribution is 5.98. The minimum absolute atomic E-state index is 0.0227. The first kappa shape index (κ1) is 23.1. The molecule has 3 aliphatic rings. The van der Waals surface area contributed by atoms with Crippen LogP contribution in [0.15, 0.2) is 9.59 Å². The molecule has 1 aromatic heterocycles. The number of unbranched alkanes of at least 4 members (excludes halogenated alkanes) is 1. The predicted molar refractivity (Wildman–Crippen MR) is 120 cm³/mol. The molecule has 3 fully saturated rings. The van der Waals surface area contributed by atoms with Gasteiger partial charge in [0.1, 0.15) is 11.4 Å². The first-order valence-corrected chi connectivity index (χ1v) is 11.5. The van der Waals surface area contributed by atoms with Crippen molar-refractivity contribution in [3.05, 3.63) is 26.4 Å². The Morgan fingerprint density at radius 3 is 2.39 bits per heavy atom. The molecule has 2 spiro atoms. The predicted octanol–water partition coefficient (Wildman–Crippen LogP) is 1.01. The number of hydrogen-bond acceptors (Lipinski definition) is 6. The van der Waals surface area contributed by atoms with Crippen molar-refractivity contribution in [2.24, 2.45) is 11.1 Å². The second-order valence-electron chi connectivity index (χ2n) is 10.00.